The Bertz CT molecular complexity index is 204. The molecule has 2 nitrogen and oxygen atoms in total. The van der Waals surface area contributed by atoms with Gasteiger partial charge in [-0.25, -0.2) is 9.18 Å². The van der Waals surface area contributed by atoms with Gasteiger partial charge in [-0.1, -0.05) is 0 Å². The average Bonchev–Trinajstić information content (AvgIpc) is 1.80. The van der Waals surface area contributed by atoms with Crippen molar-refractivity contribution in [3.8, 4) is 0 Å². The molecular weight excluding hydrogens is 226 g/mol. The zero-order valence-electron chi connectivity index (χ0n) is 5.57. The van der Waals surface area contributed by atoms with Crippen LogP contribution in [0.3, 0.4) is 0 Å². The van der Waals surface area contributed by atoms with E-state index in [4.69, 9.17) is 5.11 Å². The van der Waals surface area contributed by atoms with Crippen molar-refractivity contribution in [2.45, 2.75) is 17.1 Å². The van der Waals surface area contributed by atoms with Gasteiger partial charge in [0.2, 0.25) is 0 Å². The number of hydrogen-bond donors (Lipinski definition) is 2. The van der Waals surface area contributed by atoms with Crippen LogP contribution in [-0.2, 0) is 4.79 Å². The molecule has 0 aliphatic heterocycles. The highest BCUT2D eigenvalue weighted by molar-refractivity contribution is 7.81. The second-order valence-electron chi connectivity index (χ2n) is 2.00. The summed E-state index contributed by atoms with van der Waals surface area (Å²) in [6.07, 6.45) is -6.23. The van der Waals surface area contributed by atoms with E-state index in [1.807, 2.05) is 12.6 Å². The second-order valence-corrected chi connectivity index (χ2v) is 2.56. The van der Waals surface area contributed by atoms with E-state index >= 15 is 0 Å². The summed E-state index contributed by atoms with van der Waals surface area (Å²) < 4.78 is 70.9. The molecule has 0 saturated carbocycles. The van der Waals surface area contributed by atoms with Gasteiger partial charge in [-0.3, -0.25) is 0 Å². The quantitative estimate of drug-likeness (QED) is 0.559. The fourth-order valence-corrected chi connectivity index (χ4v) is 0.643. The van der Waals surface area contributed by atoms with Crippen molar-refractivity contribution >= 4 is 18.6 Å². The molecule has 0 amide bonds. The predicted octanol–water partition coefficient (Wildman–Crippen LogP) is 1.86. The molecule has 1 N–H and O–H groups in total. The third kappa shape index (κ3) is 1.84. The van der Waals surface area contributed by atoms with Crippen molar-refractivity contribution in [2.75, 3.05) is 0 Å². The van der Waals surface area contributed by atoms with Gasteiger partial charge in [-0.05, 0) is 0 Å². The summed E-state index contributed by atoms with van der Waals surface area (Å²) in [5.41, 5.74) is -5.68. The summed E-state index contributed by atoms with van der Waals surface area (Å²) in [5.74, 6) is -3.33. The van der Waals surface area contributed by atoms with Crippen LogP contribution in [0.4, 0.5) is 26.3 Å². The Balaban J connectivity index is 5.35. The van der Waals surface area contributed by atoms with Crippen molar-refractivity contribution in [3.63, 3.8) is 0 Å². The molecule has 0 radical (unpaired) electrons. The van der Waals surface area contributed by atoms with Crippen molar-refractivity contribution in [3.05, 3.63) is 0 Å². The third-order valence-corrected chi connectivity index (χ3v) is 1.41. The molecule has 0 aliphatic rings. The fourth-order valence-electron chi connectivity index (χ4n) is 0.420. The average molecular weight is 228 g/mol. The predicted molar refractivity (Wildman–Crippen MR) is 31.5 cm³/mol. The van der Waals surface area contributed by atoms with Crippen LogP contribution in [0, 0.1) is 0 Å². The van der Waals surface area contributed by atoms with Crippen molar-refractivity contribution < 1.29 is 36.2 Å². The van der Waals surface area contributed by atoms with Crippen LogP contribution in [0.2, 0.25) is 0 Å². The first-order chi connectivity index (χ1) is 5.44. The van der Waals surface area contributed by atoms with Crippen molar-refractivity contribution in [1.29, 1.82) is 0 Å². The number of alkyl halides is 6. The lowest BCUT2D eigenvalue weighted by atomic mass is 10.1. The third-order valence-electron chi connectivity index (χ3n) is 1.10. The van der Waals surface area contributed by atoms with Crippen LogP contribution in [0.15, 0.2) is 0 Å². The summed E-state index contributed by atoms with van der Waals surface area (Å²) in [7, 11) is 0. The van der Waals surface area contributed by atoms with Gasteiger partial charge in [-0.15, -0.1) is 12.6 Å². The Morgan fingerprint density at radius 2 is 1.38 bits per heavy atom. The molecule has 13 heavy (non-hydrogen) atoms. The lowest BCUT2D eigenvalue weighted by Gasteiger charge is -2.27. The molecule has 0 aromatic rings. The number of hydrogen-bond acceptors (Lipinski definition) is 2. The van der Waals surface area contributed by atoms with Crippen LogP contribution < -0.4 is 0 Å². The van der Waals surface area contributed by atoms with Crippen molar-refractivity contribution in [2.24, 2.45) is 0 Å². The SMILES string of the molecule is O=C(O)C(F)(C(F)(F)F)C(F)(F)S. The van der Waals surface area contributed by atoms with E-state index < -0.39 is 23.1 Å². The molecule has 1 unspecified atom stereocenters. The number of carboxylic acid groups (broad SMARTS) is 1. The maximum atomic E-state index is 12.4. The van der Waals surface area contributed by atoms with E-state index in [0.29, 0.717) is 0 Å². The number of rotatable bonds is 2. The van der Waals surface area contributed by atoms with Crippen LogP contribution in [0.1, 0.15) is 0 Å². The monoisotopic (exact) mass is 228 g/mol. The molecule has 0 aliphatic carbocycles. The van der Waals surface area contributed by atoms with E-state index in [0.717, 1.165) is 0 Å². The highest BCUT2D eigenvalue weighted by atomic mass is 32.1. The van der Waals surface area contributed by atoms with Crippen LogP contribution >= 0.6 is 12.6 Å². The largest absolute Gasteiger partial charge is 0.478 e. The Morgan fingerprint density at radius 3 is 1.38 bits per heavy atom. The Morgan fingerprint density at radius 1 is 1.08 bits per heavy atom. The van der Waals surface area contributed by atoms with Gasteiger partial charge in [0, 0.05) is 0 Å². The number of thiol groups is 1. The molecule has 0 aromatic carbocycles. The molecule has 0 heterocycles. The molecule has 9 heteroatoms. The van der Waals surface area contributed by atoms with Gasteiger partial charge in [0.1, 0.15) is 0 Å². The van der Waals surface area contributed by atoms with Gasteiger partial charge >= 0.3 is 23.1 Å². The van der Waals surface area contributed by atoms with Crippen LogP contribution in [0.5, 0.6) is 0 Å². The zero-order chi connectivity index (χ0) is 11.1. The minimum Gasteiger partial charge on any atom is -0.478 e. The van der Waals surface area contributed by atoms with Gasteiger partial charge in [0.25, 0.3) is 0 Å². The highest BCUT2D eigenvalue weighted by Crippen LogP contribution is 2.47. The molecule has 1 atom stereocenters. The lowest BCUT2D eigenvalue weighted by Crippen LogP contribution is -2.58. The Labute approximate surface area is 72.9 Å². The Hall–Kier alpha value is -0.600. The molecule has 0 spiro atoms. The second kappa shape index (κ2) is 2.96. The molecule has 0 saturated heterocycles. The topological polar surface area (TPSA) is 37.3 Å². The van der Waals surface area contributed by atoms with Crippen molar-refractivity contribution in [1.82, 2.24) is 0 Å². The summed E-state index contributed by atoms with van der Waals surface area (Å²) in [4.78, 5) is 9.69. The van der Waals surface area contributed by atoms with Gasteiger partial charge < -0.3 is 5.11 Å². The molecule has 0 rings (SSSR count). The number of halogens is 6. The van der Waals surface area contributed by atoms with E-state index in [-0.39, 0.29) is 0 Å². The summed E-state index contributed by atoms with van der Waals surface area (Å²) in [6, 6.07) is 0. The van der Waals surface area contributed by atoms with E-state index in [1.54, 1.807) is 0 Å². The maximum Gasteiger partial charge on any atom is 0.440 e. The van der Waals surface area contributed by atoms with Crippen LogP contribution in [-0.4, -0.2) is 28.2 Å². The highest BCUT2D eigenvalue weighted by Gasteiger charge is 2.75. The van der Waals surface area contributed by atoms with Gasteiger partial charge in [-0.2, -0.15) is 22.0 Å². The van der Waals surface area contributed by atoms with Crippen LogP contribution in [0.25, 0.3) is 0 Å². The van der Waals surface area contributed by atoms with E-state index in [9.17, 15) is 31.1 Å². The maximum absolute atomic E-state index is 12.4. The minimum absolute atomic E-state index is 1.96. The molecule has 78 valence electrons. The minimum atomic E-state index is -6.23. The first-order valence-corrected chi connectivity index (χ1v) is 2.98. The number of aliphatic carboxylic acids is 1. The first kappa shape index (κ1) is 12.4. The van der Waals surface area contributed by atoms with E-state index in [2.05, 4.69) is 0 Å². The summed E-state index contributed by atoms with van der Waals surface area (Å²) in [5, 5.41) is 2.34. The zero-order valence-corrected chi connectivity index (χ0v) is 6.46. The molecule has 0 fully saturated rings. The Kier molecular flexibility index (Phi) is 2.83. The standard InChI is InChI=1S/C4H2F6O2S/c5-2(1(11)12,3(6,7)8)4(9,10)13/h13H,(H,11,12). The first-order valence-electron chi connectivity index (χ1n) is 2.54. The molecular formula is C4H2F6O2S. The van der Waals surface area contributed by atoms with Gasteiger partial charge in [0.05, 0.1) is 0 Å². The normalized spacial score (nSPS) is 18.1. The smallest absolute Gasteiger partial charge is 0.440 e. The summed E-state index contributed by atoms with van der Waals surface area (Å²) in [6.45, 7) is 0. The van der Waals surface area contributed by atoms with Gasteiger partial charge in [0.15, 0.2) is 0 Å². The molecule has 0 bridgehead atoms. The summed E-state index contributed by atoms with van der Waals surface area (Å²) >= 11 is 1.96. The lowest BCUT2D eigenvalue weighted by molar-refractivity contribution is -0.273. The number of carboxylic acids is 1. The fraction of sp³-hybridized carbons (Fsp3) is 0.750. The van der Waals surface area contributed by atoms with E-state index in [1.165, 1.54) is 0 Å². The molecule has 0 aromatic heterocycles. The number of carbonyl (C=O) groups is 1.